The molecule has 0 aliphatic carbocycles. The molecule has 4 aromatic rings. The van der Waals surface area contributed by atoms with Crippen LogP contribution in [-0.2, 0) is 13.0 Å². The van der Waals surface area contributed by atoms with Gasteiger partial charge in [0, 0.05) is 104 Å². The number of H-pyrrole nitrogens is 1. The number of para-hydroxylation sites is 1. The van der Waals surface area contributed by atoms with Crippen molar-refractivity contribution in [3.8, 4) is 11.5 Å². The smallest absolute Gasteiger partial charge is 0.252 e. The number of alkyl halides is 1. The third-order valence-electron chi connectivity index (χ3n) is 11.9. The van der Waals surface area contributed by atoms with Crippen LogP contribution in [0, 0.1) is 5.92 Å². The van der Waals surface area contributed by atoms with Crippen LogP contribution in [0.4, 0.5) is 15.8 Å². The van der Waals surface area contributed by atoms with Gasteiger partial charge in [0.2, 0.25) is 0 Å². The summed E-state index contributed by atoms with van der Waals surface area (Å²) in [6.07, 6.45) is 3.20. The molecule has 9 rings (SSSR count). The first-order chi connectivity index (χ1) is 24.7. The molecule has 0 saturated carbocycles. The zero-order valence-corrected chi connectivity index (χ0v) is 30.0. The monoisotopic (exact) mass is 692 g/mol. The Morgan fingerprint density at radius 1 is 1.00 bits per heavy atom. The number of ether oxygens (including phenoxy) is 2. The molecule has 2 fully saturated rings. The number of piperidine rings is 1. The zero-order chi connectivity index (χ0) is 34.9. The highest BCUT2D eigenvalue weighted by Crippen LogP contribution is 2.44. The third-order valence-corrected chi connectivity index (χ3v) is 11.9. The Morgan fingerprint density at radius 3 is 2.67 bits per heavy atom. The number of carbonyl (C=O) groups excluding carboxylic acids is 1. The van der Waals surface area contributed by atoms with Crippen LogP contribution in [-0.4, -0.2) is 98.5 Å². The highest BCUT2D eigenvalue weighted by atomic mass is 19.1. The number of halogens is 1. The van der Waals surface area contributed by atoms with E-state index in [2.05, 4.69) is 78.4 Å². The molecule has 5 aliphatic heterocycles. The molecule has 1 aromatic heterocycles. The van der Waals surface area contributed by atoms with Crippen molar-refractivity contribution in [1.82, 2.24) is 20.1 Å². The molecule has 6 heterocycles. The maximum absolute atomic E-state index is 15.2. The second kappa shape index (κ2) is 12.7. The van der Waals surface area contributed by atoms with Crippen LogP contribution in [0.3, 0.4) is 0 Å². The van der Waals surface area contributed by atoms with Crippen LogP contribution in [0.15, 0.2) is 54.6 Å². The van der Waals surface area contributed by atoms with Gasteiger partial charge in [0.1, 0.15) is 23.8 Å². The minimum absolute atomic E-state index is 0.000162. The van der Waals surface area contributed by atoms with Gasteiger partial charge in [-0.3, -0.25) is 14.6 Å². The van der Waals surface area contributed by atoms with E-state index in [1.165, 1.54) is 16.6 Å². The van der Waals surface area contributed by atoms with E-state index in [1.54, 1.807) is 21.0 Å². The van der Waals surface area contributed by atoms with Gasteiger partial charge in [-0.25, -0.2) is 4.39 Å². The quantitative estimate of drug-likeness (QED) is 0.249. The van der Waals surface area contributed by atoms with E-state index < -0.39 is 5.67 Å². The molecule has 1 amide bonds. The minimum Gasteiger partial charge on any atom is -0.496 e. The molecule has 0 radical (unpaired) electrons. The van der Waals surface area contributed by atoms with Crippen molar-refractivity contribution >= 4 is 28.2 Å². The van der Waals surface area contributed by atoms with Gasteiger partial charge in [-0.05, 0) is 68.9 Å². The van der Waals surface area contributed by atoms with Crippen molar-refractivity contribution in [3.63, 3.8) is 0 Å². The summed E-state index contributed by atoms with van der Waals surface area (Å²) < 4.78 is 27.6. The minimum atomic E-state index is -1.32. The molecule has 10 heteroatoms. The van der Waals surface area contributed by atoms with E-state index in [0.717, 1.165) is 110 Å². The predicted octanol–water partition coefficient (Wildman–Crippen LogP) is 5.92. The Hall–Kier alpha value is -4.28. The number of nitrogens with one attached hydrogen (secondary N) is 2. The average Bonchev–Trinajstić information content (AvgIpc) is 3.71. The SMILES string of the molecule is COc1cc(N2CCC(CN3CCN4c5ccc6c(c5OCC4C3)CNC6=O)CC2)ccc1C1c2[nH]c3ccccc3c2CCN1CC(C)(C)F. The average molecular weight is 693 g/mol. The standard InChI is InChI=1S/C41H49FN6O3/c1-41(2,42)25-47-17-14-30-29-6-4-5-7-34(29)44-37(30)38(47)32-9-8-27(20-36(32)50-3)46-15-12-26(13-16-46)22-45-18-19-48-28(23-45)24-51-39-33-21-43-40(49)31(33)10-11-35(39)48/h4-11,20,26,28,38,44H,12-19,21-25H2,1-3H3,(H,43,49). The number of aromatic nitrogens is 1. The van der Waals surface area contributed by atoms with Crippen molar-refractivity contribution in [2.45, 2.75) is 57.4 Å². The summed E-state index contributed by atoms with van der Waals surface area (Å²) in [5, 5.41) is 4.20. The second-order valence-electron chi connectivity index (χ2n) is 15.8. The lowest BCUT2D eigenvalue weighted by Gasteiger charge is -2.47. The van der Waals surface area contributed by atoms with E-state index in [4.69, 9.17) is 9.47 Å². The lowest BCUT2D eigenvalue weighted by molar-refractivity contribution is 0.0964. The van der Waals surface area contributed by atoms with E-state index in [1.807, 2.05) is 6.07 Å². The van der Waals surface area contributed by atoms with Crippen LogP contribution < -0.4 is 24.6 Å². The van der Waals surface area contributed by atoms with E-state index in [9.17, 15) is 4.79 Å². The number of aromatic amines is 1. The topological polar surface area (TPSA) is 76.3 Å². The largest absolute Gasteiger partial charge is 0.496 e. The number of carbonyl (C=O) groups is 1. The predicted molar refractivity (Wildman–Crippen MR) is 199 cm³/mol. The molecule has 2 N–H and O–H groups in total. The summed E-state index contributed by atoms with van der Waals surface area (Å²) in [5.41, 5.74) is 7.47. The number of anilines is 2. The molecule has 9 nitrogen and oxygen atoms in total. The number of hydrogen-bond acceptors (Lipinski definition) is 7. The van der Waals surface area contributed by atoms with Crippen molar-refractivity contribution in [3.05, 3.63) is 82.5 Å². The number of nitrogens with zero attached hydrogens (tertiary/aromatic N) is 4. The molecule has 5 aliphatic rings. The lowest BCUT2D eigenvalue weighted by atomic mass is 9.90. The maximum Gasteiger partial charge on any atom is 0.252 e. The number of fused-ring (bicyclic) bond motifs is 8. The van der Waals surface area contributed by atoms with Gasteiger partial charge in [-0.1, -0.05) is 24.3 Å². The molecule has 2 atom stereocenters. The van der Waals surface area contributed by atoms with Crippen molar-refractivity contribution < 1.29 is 18.7 Å². The summed E-state index contributed by atoms with van der Waals surface area (Å²) in [5.74, 6) is 2.41. The Morgan fingerprint density at radius 2 is 1.84 bits per heavy atom. The molecular formula is C41H49FN6O3. The second-order valence-corrected chi connectivity index (χ2v) is 15.8. The highest BCUT2D eigenvalue weighted by molar-refractivity contribution is 6.00. The molecule has 0 spiro atoms. The first-order valence-electron chi connectivity index (χ1n) is 18.8. The van der Waals surface area contributed by atoms with Gasteiger partial charge in [0.05, 0.1) is 24.9 Å². The normalized spacial score (nSPS) is 22.6. The summed E-state index contributed by atoms with van der Waals surface area (Å²) in [6, 6.07) is 19.4. The van der Waals surface area contributed by atoms with Crippen LogP contribution in [0.25, 0.3) is 10.9 Å². The summed E-state index contributed by atoms with van der Waals surface area (Å²) in [4.78, 5) is 25.8. The Balaban J connectivity index is 0.869. The Bertz CT molecular complexity index is 1960. The first kappa shape index (κ1) is 32.6. The van der Waals surface area contributed by atoms with Gasteiger partial charge < -0.3 is 29.6 Å². The van der Waals surface area contributed by atoms with Crippen LogP contribution >= 0.6 is 0 Å². The molecule has 3 aromatic carbocycles. The van der Waals surface area contributed by atoms with Crippen molar-refractivity contribution in [2.24, 2.45) is 5.92 Å². The third kappa shape index (κ3) is 5.90. The number of piperazine rings is 1. The Kier molecular flexibility index (Phi) is 8.15. The number of methoxy groups -OCH3 is 1. The summed E-state index contributed by atoms with van der Waals surface area (Å²) in [6.45, 7) is 11.9. The molecule has 2 saturated heterocycles. The summed E-state index contributed by atoms with van der Waals surface area (Å²) >= 11 is 0. The fraction of sp³-hybridized carbons (Fsp3) is 0.488. The molecule has 2 unspecified atom stereocenters. The van der Waals surface area contributed by atoms with Gasteiger partial charge in [0.25, 0.3) is 5.91 Å². The van der Waals surface area contributed by atoms with E-state index in [0.29, 0.717) is 31.7 Å². The fourth-order valence-electron chi connectivity index (χ4n) is 9.54. The lowest BCUT2D eigenvalue weighted by Crippen LogP contribution is -2.58. The highest BCUT2D eigenvalue weighted by Gasteiger charge is 2.38. The number of rotatable bonds is 7. The number of amides is 1. The van der Waals surface area contributed by atoms with Crippen LogP contribution in [0.1, 0.15) is 65.5 Å². The van der Waals surface area contributed by atoms with Crippen molar-refractivity contribution in [1.29, 1.82) is 0 Å². The van der Waals surface area contributed by atoms with E-state index in [-0.39, 0.29) is 11.9 Å². The zero-order valence-electron chi connectivity index (χ0n) is 30.0. The molecular weight excluding hydrogens is 643 g/mol. The summed E-state index contributed by atoms with van der Waals surface area (Å²) in [7, 11) is 1.76. The van der Waals surface area contributed by atoms with Gasteiger partial charge in [0.15, 0.2) is 0 Å². The molecule has 0 bridgehead atoms. The van der Waals surface area contributed by atoms with Crippen LogP contribution in [0.5, 0.6) is 11.5 Å². The number of hydrogen-bond donors (Lipinski definition) is 2. The first-order valence-corrected chi connectivity index (χ1v) is 18.8. The van der Waals surface area contributed by atoms with Crippen molar-refractivity contribution in [2.75, 3.05) is 75.9 Å². The Labute approximate surface area is 299 Å². The van der Waals surface area contributed by atoms with E-state index >= 15 is 4.39 Å². The van der Waals surface area contributed by atoms with Gasteiger partial charge in [-0.15, -0.1) is 0 Å². The molecule has 51 heavy (non-hydrogen) atoms. The maximum atomic E-state index is 15.2. The van der Waals surface area contributed by atoms with Gasteiger partial charge >= 0.3 is 0 Å². The van der Waals surface area contributed by atoms with Gasteiger partial charge in [-0.2, -0.15) is 0 Å². The fourth-order valence-corrected chi connectivity index (χ4v) is 9.54. The molecule has 268 valence electrons. The number of benzene rings is 3. The van der Waals surface area contributed by atoms with Crippen LogP contribution in [0.2, 0.25) is 0 Å².